The Bertz CT molecular complexity index is 391. The fourth-order valence-electron chi connectivity index (χ4n) is 0.582. The summed E-state index contributed by atoms with van der Waals surface area (Å²) in [5, 5.41) is 33.7. The molecule has 0 saturated carbocycles. The van der Waals surface area contributed by atoms with Gasteiger partial charge in [-0.2, -0.15) is 15.8 Å². The lowest BCUT2D eigenvalue weighted by atomic mass is 10.2. The Morgan fingerprint density at radius 1 is 1.15 bits per heavy atom. The second-order valence-electron chi connectivity index (χ2n) is 1.73. The van der Waals surface area contributed by atoms with Gasteiger partial charge < -0.3 is 10.1 Å². The molecule has 0 aromatic rings. The Balaban J connectivity index is 5.56. The first-order chi connectivity index (χ1) is 6.24. The van der Waals surface area contributed by atoms with Gasteiger partial charge in [0.2, 0.25) is 0 Å². The van der Waals surface area contributed by atoms with Gasteiger partial charge in [0.05, 0.1) is 7.11 Å². The number of hydrogen-bond donors (Lipinski definition) is 0. The van der Waals surface area contributed by atoms with Crippen LogP contribution in [0.15, 0.2) is 16.9 Å². The van der Waals surface area contributed by atoms with E-state index >= 15 is 0 Å². The van der Waals surface area contributed by atoms with Crippen LogP contribution in [0.1, 0.15) is 0 Å². The zero-order valence-corrected chi connectivity index (χ0v) is 6.70. The first-order valence-electron chi connectivity index (χ1n) is 3.01. The molecule has 5 nitrogen and oxygen atoms in total. The quantitative estimate of drug-likeness (QED) is 0.263. The standard InChI is InChI=1S/C8H3N4O/c1-13-8(6(2-9)3-10)7(4-11)5-12/h1H3/q-1. The van der Waals surface area contributed by atoms with Crippen molar-refractivity contribution in [1.82, 2.24) is 0 Å². The van der Waals surface area contributed by atoms with E-state index in [1.165, 1.54) is 31.2 Å². The van der Waals surface area contributed by atoms with E-state index in [0.717, 1.165) is 0 Å². The van der Waals surface area contributed by atoms with E-state index in [4.69, 9.17) is 21.2 Å². The molecule has 62 valence electrons. The van der Waals surface area contributed by atoms with E-state index in [1.807, 2.05) is 0 Å². The van der Waals surface area contributed by atoms with Crippen LogP contribution in [0, 0.1) is 34.0 Å². The summed E-state index contributed by atoms with van der Waals surface area (Å²) in [5.74, 6) is 1.24. The van der Waals surface area contributed by atoms with Crippen molar-refractivity contribution in [2.45, 2.75) is 0 Å². The van der Waals surface area contributed by atoms with Crippen molar-refractivity contribution in [3.8, 4) is 18.2 Å². The molecule has 0 aromatic heterocycles. The summed E-state index contributed by atoms with van der Waals surface area (Å²) >= 11 is 0. The summed E-state index contributed by atoms with van der Waals surface area (Å²) in [5.41, 5.74) is -0.777. The first kappa shape index (κ1) is 10.5. The van der Waals surface area contributed by atoms with Crippen LogP contribution in [0.3, 0.4) is 0 Å². The monoisotopic (exact) mass is 171 g/mol. The maximum atomic E-state index is 8.42. The van der Waals surface area contributed by atoms with Crippen LogP contribution in [0.5, 0.6) is 0 Å². The SMILES string of the molecule is COC(C(=C=[N-])C#N)=C(C#N)C#N. The van der Waals surface area contributed by atoms with Crippen LogP contribution >= 0.6 is 0 Å². The van der Waals surface area contributed by atoms with Crippen LogP contribution in [-0.4, -0.2) is 13.0 Å². The van der Waals surface area contributed by atoms with Crippen LogP contribution < -0.4 is 0 Å². The minimum absolute atomic E-state index is 0.282. The molecule has 0 heterocycles. The minimum atomic E-state index is -0.388. The van der Waals surface area contributed by atoms with Crippen molar-refractivity contribution in [3.05, 3.63) is 22.3 Å². The van der Waals surface area contributed by atoms with Gasteiger partial charge in [-0.05, 0) is 0 Å². The highest BCUT2D eigenvalue weighted by molar-refractivity contribution is 5.73. The van der Waals surface area contributed by atoms with Gasteiger partial charge in [0.1, 0.15) is 23.8 Å². The van der Waals surface area contributed by atoms with E-state index in [9.17, 15) is 0 Å². The van der Waals surface area contributed by atoms with Crippen molar-refractivity contribution in [2.24, 2.45) is 0 Å². The van der Waals surface area contributed by atoms with Crippen molar-refractivity contribution >= 4 is 5.87 Å². The van der Waals surface area contributed by atoms with E-state index < -0.39 is 0 Å². The van der Waals surface area contributed by atoms with Crippen LogP contribution in [0.4, 0.5) is 0 Å². The maximum Gasteiger partial charge on any atom is 0.173 e. The van der Waals surface area contributed by atoms with E-state index in [0.29, 0.717) is 0 Å². The van der Waals surface area contributed by atoms with Crippen molar-refractivity contribution in [1.29, 1.82) is 15.8 Å². The van der Waals surface area contributed by atoms with Gasteiger partial charge in [0.15, 0.2) is 11.3 Å². The molecule has 5 heteroatoms. The second kappa shape index (κ2) is 5.16. The number of hydrogen-bond acceptors (Lipinski definition) is 4. The molecule has 0 rings (SSSR count). The Hall–Kier alpha value is -2.54. The molecular formula is C8H3N4O-. The van der Waals surface area contributed by atoms with Crippen LogP contribution in [-0.2, 0) is 4.74 Å². The Morgan fingerprint density at radius 3 is 1.92 bits per heavy atom. The number of methoxy groups -OCH3 is 1. The Kier molecular flexibility index (Phi) is 4.15. The largest absolute Gasteiger partial charge is 0.762 e. The van der Waals surface area contributed by atoms with Gasteiger partial charge in [-0.1, -0.05) is 0 Å². The Labute approximate surface area is 74.9 Å². The highest BCUT2D eigenvalue weighted by atomic mass is 16.5. The lowest BCUT2D eigenvalue weighted by Gasteiger charge is -2.01. The molecule has 0 atom stereocenters. The average Bonchev–Trinajstić information content (AvgIpc) is 2.18. The maximum absolute atomic E-state index is 8.42. The smallest absolute Gasteiger partial charge is 0.173 e. The lowest BCUT2D eigenvalue weighted by molar-refractivity contribution is 0.302. The van der Waals surface area contributed by atoms with Gasteiger partial charge in [-0.25, -0.2) is 5.87 Å². The molecule has 0 spiro atoms. The third-order valence-electron chi connectivity index (χ3n) is 1.11. The minimum Gasteiger partial charge on any atom is -0.762 e. The number of allylic oxidation sites excluding steroid dienone is 2. The van der Waals surface area contributed by atoms with Gasteiger partial charge in [-0.15, -0.1) is 0 Å². The predicted octanol–water partition coefficient (Wildman–Crippen LogP) is 0.623. The molecule has 13 heavy (non-hydrogen) atoms. The van der Waals surface area contributed by atoms with Gasteiger partial charge in [-0.3, -0.25) is 0 Å². The zero-order valence-electron chi connectivity index (χ0n) is 6.70. The van der Waals surface area contributed by atoms with E-state index in [1.54, 1.807) is 0 Å². The molecule has 0 aliphatic rings. The van der Waals surface area contributed by atoms with E-state index in [-0.39, 0.29) is 16.9 Å². The highest BCUT2D eigenvalue weighted by Crippen LogP contribution is 2.11. The highest BCUT2D eigenvalue weighted by Gasteiger charge is 2.10. The summed E-state index contributed by atoms with van der Waals surface area (Å²) in [7, 11) is 1.18. The van der Waals surface area contributed by atoms with Crippen molar-refractivity contribution < 1.29 is 4.74 Å². The topological polar surface area (TPSA) is 103 Å². The lowest BCUT2D eigenvalue weighted by Crippen LogP contribution is -1.95. The third-order valence-corrected chi connectivity index (χ3v) is 1.11. The molecule has 0 radical (unpaired) electrons. The fraction of sp³-hybridized carbons (Fsp3) is 0.125. The molecule has 0 fully saturated rings. The van der Waals surface area contributed by atoms with Crippen molar-refractivity contribution in [3.63, 3.8) is 0 Å². The molecule has 0 saturated heterocycles. The number of ether oxygens (including phenoxy) is 1. The second-order valence-corrected chi connectivity index (χ2v) is 1.73. The van der Waals surface area contributed by atoms with Crippen molar-refractivity contribution in [2.75, 3.05) is 7.11 Å². The summed E-state index contributed by atoms with van der Waals surface area (Å²) in [6.45, 7) is 0. The molecule has 0 aromatic carbocycles. The normalized spacial score (nSPS) is 6.62. The first-order valence-corrected chi connectivity index (χ1v) is 3.01. The average molecular weight is 171 g/mol. The summed E-state index contributed by atoms with van der Waals surface area (Å²) in [6, 6.07) is 4.57. The Morgan fingerprint density at radius 2 is 1.69 bits per heavy atom. The third kappa shape index (κ3) is 2.20. The predicted molar refractivity (Wildman–Crippen MR) is 42.8 cm³/mol. The number of nitriles is 3. The van der Waals surface area contributed by atoms with Gasteiger partial charge >= 0.3 is 0 Å². The fourth-order valence-corrected chi connectivity index (χ4v) is 0.582. The molecule has 0 aliphatic heterocycles. The molecule has 0 aliphatic carbocycles. The summed E-state index contributed by atoms with van der Waals surface area (Å²) < 4.78 is 4.59. The summed E-state index contributed by atoms with van der Waals surface area (Å²) in [4.78, 5) is 0. The van der Waals surface area contributed by atoms with Gasteiger partial charge in [0.25, 0.3) is 0 Å². The molecular weight excluding hydrogens is 168 g/mol. The van der Waals surface area contributed by atoms with Gasteiger partial charge in [0, 0.05) is 0 Å². The van der Waals surface area contributed by atoms with E-state index in [2.05, 4.69) is 4.74 Å². The molecule has 0 amide bonds. The molecule has 0 unspecified atom stereocenters. The van der Waals surface area contributed by atoms with Crippen LogP contribution in [0.25, 0.3) is 5.41 Å². The number of nitrogens with zero attached hydrogens (tertiary/aromatic N) is 4. The molecule has 0 N–H and O–H groups in total. The van der Waals surface area contributed by atoms with Crippen LogP contribution in [0.2, 0.25) is 0 Å². The number of rotatable bonds is 2. The molecule has 0 bridgehead atoms. The zero-order chi connectivity index (χ0) is 10.3. The summed E-state index contributed by atoms with van der Waals surface area (Å²) in [6.07, 6.45) is 0.